The van der Waals surface area contributed by atoms with Gasteiger partial charge in [0.1, 0.15) is 6.10 Å². The number of amides is 1. The summed E-state index contributed by atoms with van der Waals surface area (Å²) in [6, 6.07) is 5.70. The Morgan fingerprint density at radius 2 is 2.35 bits per heavy atom. The van der Waals surface area contributed by atoms with E-state index in [0.717, 1.165) is 0 Å². The highest BCUT2D eigenvalue weighted by Gasteiger charge is 2.32. The quantitative estimate of drug-likeness (QED) is 0.624. The normalized spacial score (nSPS) is 19.2. The third-order valence-electron chi connectivity index (χ3n) is 2.43. The lowest BCUT2D eigenvalue weighted by Gasteiger charge is -2.11. The van der Waals surface area contributed by atoms with E-state index in [9.17, 15) is 14.9 Å². The molecule has 1 aliphatic rings. The average molecular weight is 238 g/mol. The van der Waals surface area contributed by atoms with Crippen molar-refractivity contribution in [3.8, 4) is 0 Å². The summed E-state index contributed by atoms with van der Waals surface area (Å²) in [6.45, 7) is -0.0757. The van der Waals surface area contributed by atoms with E-state index < -0.39 is 17.1 Å². The molecule has 0 aliphatic carbocycles. The number of aliphatic hydroxyl groups is 1. The van der Waals surface area contributed by atoms with E-state index in [-0.39, 0.29) is 18.8 Å². The lowest BCUT2D eigenvalue weighted by molar-refractivity contribution is -0.384. The number of hydrogen-bond acceptors (Lipinski definition) is 5. The van der Waals surface area contributed by atoms with Crippen molar-refractivity contribution in [1.29, 1.82) is 0 Å². The topological polar surface area (TPSA) is 92.9 Å². The second kappa shape index (κ2) is 4.38. The Hall–Kier alpha value is -2.15. The highest BCUT2D eigenvalue weighted by atomic mass is 16.6. The molecule has 0 bridgehead atoms. The van der Waals surface area contributed by atoms with Gasteiger partial charge in [0.05, 0.1) is 23.8 Å². The first-order valence-corrected chi connectivity index (χ1v) is 4.95. The van der Waals surface area contributed by atoms with Crippen molar-refractivity contribution in [3.63, 3.8) is 0 Å². The van der Waals surface area contributed by atoms with E-state index in [4.69, 9.17) is 9.84 Å². The summed E-state index contributed by atoms with van der Waals surface area (Å²) in [5.74, 6) is 0. The van der Waals surface area contributed by atoms with Crippen molar-refractivity contribution in [2.24, 2.45) is 0 Å². The second-order valence-electron chi connectivity index (χ2n) is 3.58. The summed E-state index contributed by atoms with van der Waals surface area (Å²) in [4.78, 5) is 22.8. The second-order valence-corrected chi connectivity index (χ2v) is 3.58. The van der Waals surface area contributed by atoms with Crippen LogP contribution in [0.4, 0.5) is 16.2 Å². The fourth-order valence-corrected chi connectivity index (χ4v) is 1.60. The molecule has 1 N–H and O–H groups in total. The van der Waals surface area contributed by atoms with E-state index >= 15 is 0 Å². The molecule has 0 saturated carbocycles. The maximum atomic E-state index is 11.4. The minimum Gasteiger partial charge on any atom is -0.441 e. The van der Waals surface area contributed by atoms with Crippen molar-refractivity contribution in [2.45, 2.75) is 6.10 Å². The Bertz CT molecular complexity index is 462. The smallest absolute Gasteiger partial charge is 0.414 e. The predicted molar refractivity (Wildman–Crippen MR) is 57.8 cm³/mol. The molecule has 1 saturated heterocycles. The molecule has 0 spiro atoms. The van der Waals surface area contributed by atoms with Crippen LogP contribution < -0.4 is 4.90 Å². The molecule has 0 radical (unpaired) electrons. The molecule has 2 rings (SSSR count). The average Bonchev–Trinajstić information content (AvgIpc) is 2.71. The van der Waals surface area contributed by atoms with Crippen LogP contribution in [0.15, 0.2) is 24.3 Å². The number of nitro groups is 1. The molecular weight excluding hydrogens is 228 g/mol. The fraction of sp³-hybridized carbons (Fsp3) is 0.300. The maximum Gasteiger partial charge on any atom is 0.414 e. The molecule has 1 fully saturated rings. The van der Waals surface area contributed by atoms with Crippen LogP contribution in [0.2, 0.25) is 0 Å². The molecule has 1 heterocycles. The largest absolute Gasteiger partial charge is 0.441 e. The summed E-state index contributed by atoms with van der Waals surface area (Å²) < 4.78 is 4.84. The molecule has 1 amide bonds. The van der Waals surface area contributed by atoms with E-state index in [1.54, 1.807) is 6.07 Å². The predicted octanol–water partition coefficient (Wildman–Crippen LogP) is 0.912. The number of nitro benzene ring substituents is 1. The minimum absolute atomic E-state index is 0.0947. The monoisotopic (exact) mass is 238 g/mol. The van der Waals surface area contributed by atoms with Gasteiger partial charge >= 0.3 is 6.09 Å². The standard InChI is InChI=1S/C10H10N2O5/c13-6-9-5-11(10(14)17-9)7-2-1-3-8(4-7)12(15)16/h1-4,9,13H,5-6H2/t9-/m0/s1. The number of aliphatic hydroxyl groups excluding tert-OH is 1. The van der Waals surface area contributed by atoms with Crippen molar-refractivity contribution in [3.05, 3.63) is 34.4 Å². The number of cyclic esters (lactones) is 1. The highest BCUT2D eigenvalue weighted by molar-refractivity contribution is 5.90. The number of non-ortho nitro benzene ring substituents is 1. The molecule has 1 aromatic carbocycles. The van der Waals surface area contributed by atoms with Crippen LogP contribution in [-0.2, 0) is 4.74 Å². The van der Waals surface area contributed by atoms with Gasteiger partial charge in [-0.05, 0) is 6.07 Å². The van der Waals surface area contributed by atoms with E-state index in [1.165, 1.54) is 23.1 Å². The van der Waals surface area contributed by atoms with Crippen molar-refractivity contribution < 1.29 is 19.6 Å². The van der Waals surface area contributed by atoms with Crippen LogP contribution in [0.5, 0.6) is 0 Å². The third kappa shape index (κ3) is 2.18. The van der Waals surface area contributed by atoms with Gasteiger partial charge in [-0.1, -0.05) is 6.07 Å². The summed E-state index contributed by atoms with van der Waals surface area (Å²) >= 11 is 0. The van der Waals surface area contributed by atoms with Crippen molar-refractivity contribution in [1.82, 2.24) is 0 Å². The van der Waals surface area contributed by atoms with Crippen LogP contribution in [0, 0.1) is 10.1 Å². The number of carbonyl (C=O) groups excluding carboxylic acids is 1. The summed E-state index contributed by atoms with van der Waals surface area (Å²) in [5, 5.41) is 19.5. The summed E-state index contributed by atoms with van der Waals surface area (Å²) in [7, 11) is 0. The van der Waals surface area contributed by atoms with Gasteiger partial charge in [-0.25, -0.2) is 4.79 Å². The number of benzene rings is 1. The minimum atomic E-state index is -0.607. The first kappa shape index (κ1) is 11.3. The Labute approximate surface area is 96.4 Å². The molecule has 0 aromatic heterocycles. The maximum absolute atomic E-state index is 11.4. The number of rotatable bonds is 3. The SMILES string of the molecule is O=C1O[C@H](CO)CN1c1cccc([N+](=O)[O-])c1. The Kier molecular flexibility index (Phi) is 2.92. The molecular formula is C10H10N2O5. The summed E-state index contributed by atoms with van der Waals surface area (Å²) in [6.07, 6.45) is -1.19. The number of anilines is 1. The van der Waals surface area contributed by atoms with Gasteiger partial charge in [0.25, 0.3) is 5.69 Å². The molecule has 90 valence electrons. The molecule has 1 aromatic rings. The lowest BCUT2D eigenvalue weighted by atomic mass is 10.2. The molecule has 7 heteroatoms. The van der Waals surface area contributed by atoms with Crippen molar-refractivity contribution >= 4 is 17.5 Å². The zero-order valence-electron chi connectivity index (χ0n) is 8.78. The van der Waals surface area contributed by atoms with Crippen LogP contribution in [0.1, 0.15) is 0 Å². The van der Waals surface area contributed by atoms with Gasteiger partial charge in [-0.3, -0.25) is 15.0 Å². The van der Waals surface area contributed by atoms with Crippen LogP contribution in [0.25, 0.3) is 0 Å². The Morgan fingerprint density at radius 3 is 2.94 bits per heavy atom. The van der Waals surface area contributed by atoms with Crippen LogP contribution in [0.3, 0.4) is 0 Å². The van der Waals surface area contributed by atoms with Gasteiger partial charge in [0.15, 0.2) is 0 Å². The molecule has 17 heavy (non-hydrogen) atoms. The zero-order chi connectivity index (χ0) is 12.4. The number of nitrogens with zero attached hydrogens (tertiary/aromatic N) is 2. The van der Waals surface area contributed by atoms with E-state index in [2.05, 4.69) is 0 Å². The van der Waals surface area contributed by atoms with Gasteiger partial charge in [0, 0.05) is 12.1 Å². The van der Waals surface area contributed by atoms with Crippen molar-refractivity contribution in [2.75, 3.05) is 18.1 Å². The first-order chi connectivity index (χ1) is 8.11. The lowest BCUT2D eigenvalue weighted by Crippen LogP contribution is -2.25. The van der Waals surface area contributed by atoms with Crippen LogP contribution in [-0.4, -0.2) is 35.4 Å². The Morgan fingerprint density at radius 1 is 1.59 bits per heavy atom. The summed E-state index contributed by atoms with van der Waals surface area (Å²) in [5.41, 5.74) is 0.294. The zero-order valence-corrected chi connectivity index (χ0v) is 8.78. The number of ether oxygens (including phenoxy) is 1. The van der Waals surface area contributed by atoms with Crippen LogP contribution >= 0.6 is 0 Å². The van der Waals surface area contributed by atoms with Gasteiger partial charge in [-0.2, -0.15) is 0 Å². The number of carbonyl (C=O) groups is 1. The van der Waals surface area contributed by atoms with Gasteiger partial charge in [-0.15, -0.1) is 0 Å². The van der Waals surface area contributed by atoms with Gasteiger partial charge in [0.2, 0.25) is 0 Å². The molecule has 7 nitrogen and oxygen atoms in total. The fourth-order valence-electron chi connectivity index (χ4n) is 1.60. The molecule has 1 aliphatic heterocycles. The van der Waals surface area contributed by atoms with E-state index in [0.29, 0.717) is 5.69 Å². The highest BCUT2D eigenvalue weighted by Crippen LogP contribution is 2.25. The molecule has 0 unspecified atom stereocenters. The Balaban J connectivity index is 2.25. The molecule has 1 atom stereocenters. The van der Waals surface area contributed by atoms with Gasteiger partial charge < -0.3 is 9.84 Å². The third-order valence-corrected chi connectivity index (χ3v) is 2.43. The first-order valence-electron chi connectivity index (χ1n) is 4.95. The number of hydrogen-bond donors (Lipinski definition) is 1. The van der Waals surface area contributed by atoms with E-state index in [1.807, 2.05) is 0 Å².